The lowest BCUT2D eigenvalue weighted by atomic mass is 10.1. The van der Waals surface area contributed by atoms with Crippen molar-refractivity contribution >= 4 is 22.9 Å². The van der Waals surface area contributed by atoms with Crippen LogP contribution >= 0.6 is 11.8 Å². The zero-order valence-electron chi connectivity index (χ0n) is 6.24. The molecule has 1 heterocycles. The maximum atomic E-state index is 11.0. The van der Waals surface area contributed by atoms with Crippen molar-refractivity contribution in [2.24, 2.45) is 5.73 Å². The van der Waals surface area contributed by atoms with Gasteiger partial charge in [0, 0.05) is 12.5 Å². The van der Waals surface area contributed by atoms with Crippen molar-refractivity contribution in [2.75, 3.05) is 0 Å². The number of amides is 2. The highest BCUT2D eigenvalue weighted by Crippen LogP contribution is 2.22. The molecule has 0 aromatic carbocycles. The monoisotopic (exact) mass is 184 g/mol. The van der Waals surface area contributed by atoms with E-state index in [4.69, 9.17) is 12.2 Å². The standard InChI is InChI=1S/C7H8N2O2S/c1-2-3-4(8)5-6(10)9-7(11)12-5/h1,4-5H,3,8H2,(H,9,10,11)/t4-,5?/m0/s1. The Hall–Kier alpha value is -0.990. The van der Waals surface area contributed by atoms with Crippen LogP contribution in [0.2, 0.25) is 0 Å². The van der Waals surface area contributed by atoms with Crippen LogP contribution in [-0.2, 0) is 4.79 Å². The van der Waals surface area contributed by atoms with Crippen molar-refractivity contribution in [3.63, 3.8) is 0 Å². The first kappa shape index (κ1) is 9.10. The van der Waals surface area contributed by atoms with Crippen LogP contribution in [0.4, 0.5) is 4.79 Å². The summed E-state index contributed by atoms with van der Waals surface area (Å²) in [6, 6.07) is -0.438. The second kappa shape index (κ2) is 3.61. The molecule has 0 bridgehead atoms. The minimum Gasteiger partial charge on any atom is -0.325 e. The Kier molecular flexibility index (Phi) is 2.74. The zero-order chi connectivity index (χ0) is 9.14. The summed E-state index contributed by atoms with van der Waals surface area (Å²) in [5.74, 6) is 2.01. The molecule has 4 nitrogen and oxygen atoms in total. The zero-order valence-corrected chi connectivity index (χ0v) is 7.06. The molecule has 3 N–H and O–H groups in total. The molecule has 12 heavy (non-hydrogen) atoms. The Morgan fingerprint density at radius 1 is 1.75 bits per heavy atom. The molecule has 0 saturated carbocycles. The second-order valence-corrected chi connectivity index (χ2v) is 3.50. The van der Waals surface area contributed by atoms with E-state index in [0.717, 1.165) is 11.8 Å². The lowest BCUT2D eigenvalue weighted by Gasteiger charge is -2.10. The van der Waals surface area contributed by atoms with Crippen molar-refractivity contribution < 1.29 is 9.59 Å². The Morgan fingerprint density at radius 3 is 2.83 bits per heavy atom. The normalized spacial score (nSPS) is 24.8. The molecule has 0 aromatic rings. The topological polar surface area (TPSA) is 72.2 Å². The number of terminal acetylenes is 1. The van der Waals surface area contributed by atoms with Crippen LogP contribution in [0.1, 0.15) is 6.42 Å². The molecule has 64 valence electrons. The Balaban J connectivity index is 2.59. The average Bonchev–Trinajstić information content (AvgIpc) is 2.30. The van der Waals surface area contributed by atoms with E-state index >= 15 is 0 Å². The second-order valence-electron chi connectivity index (χ2n) is 2.39. The molecule has 1 aliphatic rings. The number of thioether (sulfide) groups is 1. The highest BCUT2D eigenvalue weighted by molar-refractivity contribution is 8.15. The van der Waals surface area contributed by atoms with Crippen molar-refractivity contribution in [2.45, 2.75) is 17.7 Å². The summed E-state index contributed by atoms with van der Waals surface area (Å²) in [4.78, 5) is 21.7. The fourth-order valence-electron chi connectivity index (χ4n) is 0.895. The van der Waals surface area contributed by atoms with E-state index in [-0.39, 0.29) is 11.1 Å². The highest BCUT2D eigenvalue weighted by Gasteiger charge is 2.35. The molecule has 0 radical (unpaired) electrons. The fraction of sp³-hybridized carbons (Fsp3) is 0.429. The molecule has 1 saturated heterocycles. The number of carbonyl (C=O) groups excluding carboxylic acids is 2. The SMILES string of the molecule is C#CC[C@H](N)C1SC(=O)NC1=O. The minimum absolute atomic E-state index is 0.304. The van der Waals surface area contributed by atoms with Gasteiger partial charge in [0.15, 0.2) is 0 Å². The van der Waals surface area contributed by atoms with Crippen molar-refractivity contribution in [1.29, 1.82) is 0 Å². The van der Waals surface area contributed by atoms with Gasteiger partial charge in [0.25, 0.3) is 5.24 Å². The number of imide groups is 1. The summed E-state index contributed by atoms with van der Waals surface area (Å²) in [5, 5.41) is 1.27. The third-order valence-corrected chi connectivity index (χ3v) is 2.59. The van der Waals surface area contributed by atoms with Crippen LogP contribution in [0.5, 0.6) is 0 Å². The number of hydrogen-bond acceptors (Lipinski definition) is 4. The largest absolute Gasteiger partial charge is 0.325 e. The average molecular weight is 184 g/mol. The summed E-state index contributed by atoms with van der Waals surface area (Å²) in [6.45, 7) is 0. The van der Waals surface area contributed by atoms with E-state index in [1.165, 1.54) is 0 Å². The first-order chi connectivity index (χ1) is 5.65. The van der Waals surface area contributed by atoms with Gasteiger partial charge in [0.1, 0.15) is 5.25 Å². The number of nitrogens with two attached hydrogens (primary N) is 1. The van der Waals surface area contributed by atoms with Gasteiger partial charge in [-0.15, -0.1) is 12.3 Å². The molecule has 0 aliphatic carbocycles. The van der Waals surface area contributed by atoms with Gasteiger partial charge in [0.05, 0.1) is 0 Å². The van der Waals surface area contributed by atoms with Crippen LogP contribution in [0, 0.1) is 12.3 Å². The molecule has 2 amide bonds. The van der Waals surface area contributed by atoms with E-state index in [1.807, 2.05) is 0 Å². The van der Waals surface area contributed by atoms with Gasteiger partial charge in [0.2, 0.25) is 5.91 Å². The van der Waals surface area contributed by atoms with E-state index in [0.29, 0.717) is 6.42 Å². The first-order valence-corrected chi connectivity index (χ1v) is 4.23. The van der Waals surface area contributed by atoms with Crippen molar-refractivity contribution in [1.82, 2.24) is 5.32 Å². The van der Waals surface area contributed by atoms with Crippen molar-refractivity contribution in [3.05, 3.63) is 0 Å². The molecule has 1 unspecified atom stereocenters. The van der Waals surface area contributed by atoms with Crippen LogP contribution in [-0.4, -0.2) is 22.4 Å². The van der Waals surface area contributed by atoms with E-state index in [1.54, 1.807) is 0 Å². The highest BCUT2D eigenvalue weighted by atomic mass is 32.2. The van der Waals surface area contributed by atoms with Gasteiger partial charge < -0.3 is 5.73 Å². The lowest BCUT2D eigenvalue weighted by Crippen LogP contribution is -2.38. The maximum absolute atomic E-state index is 11.0. The third kappa shape index (κ3) is 1.78. The summed E-state index contributed by atoms with van der Waals surface area (Å²) in [5.41, 5.74) is 5.57. The van der Waals surface area contributed by atoms with Gasteiger partial charge in [-0.1, -0.05) is 0 Å². The third-order valence-electron chi connectivity index (χ3n) is 1.46. The van der Waals surface area contributed by atoms with Crippen LogP contribution in [0.15, 0.2) is 0 Å². The van der Waals surface area contributed by atoms with E-state index in [2.05, 4.69) is 11.2 Å². The van der Waals surface area contributed by atoms with Crippen LogP contribution < -0.4 is 11.1 Å². The molecule has 5 heteroatoms. The number of rotatable bonds is 2. The quantitative estimate of drug-likeness (QED) is 0.577. The Bertz CT molecular complexity index is 259. The van der Waals surface area contributed by atoms with Crippen LogP contribution in [0.3, 0.4) is 0 Å². The molecule has 1 rings (SSSR count). The van der Waals surface area contributed by atoms with Gasteiger partial charge in [-0.05, 0) is 11.8 Å². The van der Waals surface area contributed by atoms with E-state index < -0.39 is 11.3 Å². The molecule has 1 aliphatic heterocycles. The Morgan fingerprint density at radius 2 is 2.42 bits per heavy atom. The molecule has 1 fully saturated rings. The van der Waals surface area contributed by atoms with Gasteiger partial charge in [-0.25, -0.2) is 0 Å². The summed E-state index contributed by atoms with van der Waals surface area (Å²) in [6.07, 6.45) is 5.33. The van der Waals surface area contributed by atoms with Crippen molar-refractivity contribution in [3.8, 4) is 12.3 Å². The Labute approximate surface area is 74.3 Å². The van der Waals surface area contributed by atoms with E-state index in [9.17, 15) is 9.59 Å². The molecule has 2 atom stereocenters. The molecule has 0 aromatic heterocycles. The molecular weight excluding hydrogens is 176 g/mol. The van der Waals surface area contributed by atoms with Gasteiger partial charge in [-0.2, -0.15) is 0 Å². The van der Waals surface area contributed by atoms with Gasteiger partial charge >= 0.3 is 0 Å². The first-order valence-electron chi connectivity index (χ1n) is 3.35. The van der Waals surface area contributed by atoms with Crippen LogP contribution in [0.25, 0.3) is 0 Å². The predicted octanol–water partition coefficient (Wildman–Crippen LogP) is -0.311. The number of nitrogens with one attached hydrogen (secondary N) is 1. The smallest absolute Gasteiger partial charge is 0.286 e. The number of carbonyl (C=O) groups is 2. The van der Waals surface area contributed by atoms with Gasteiger partial charge in [-0.3, -0.25) is 14.9 Å². The molecule has 0 spiro atoms. The fourth-order valence-corrected chi connectivity index (χ4v) is 1.72. The molecular formula is C7H8N2O2S. The predicted molar refractivity (Wildman–Crippen MR) is 46.3 cm³/mol. The number of hydrogen-bond donors (Lipinski definition) is 2. The maximum Gasteiger partial charge on any atom is 0.286 e. The summed E-state index contributed by atoms with van der Waals surface area (Å²) >= 11 is 0.902. The lowest BCUT2D eigenvalue weighted by molar-refractivity contribution is -0.119. The summed E-state index contributed by atoms with van der Waals surface area (Å²) in [7, 11) is 0. The minimum atomic E-state index is -0.520. The summed E-state index contributed by atoms with van der Waals surface area (Å²) < 4.78 is 0.